The van der Waals surface area contributed by atoms with E-state index >= 15 is 0 Å². The summed E-state index contributed by atoms with van der Waals surface area (Å²) in [4.78, 5) is 15.3. The van der Waals surface area contributed by atoms with Crippen molar-refractivity contribution in [2.75, 3.05) is 12.3 Å². The van der Waals surface area contributed by atoms with Crippen LogP contribution in [0.2, 0.25) is 0 Å². The number of rotatable bonds is 12. The molecule has 1 amide bonds. The Morgan fingerprint density at radius 3 is 2.09 bits per heavy atom. The summed E-state index contributed by atoms with van der Waals surface area (Å²) in [6, 6.07) is 30.6. The Hall–Kier alpha value is -3.64. The van der Waals surface area contributed by atoms with Gasteiger partial charge in [0.1, 0.15) is 5.82 Å². The van der Waals surface area contributed by atoms with E-state index in [0.717, 1.165) is 23.0 Å². The largest absolute Gasteiger partial charge is 0.337 e. The summed E-state index contributed by atoms with van der Waals surface area (Å²) < 4.78 is 2.05. The van der Waals surface area contributed by atoms with Gasteiger partial charge in [-0.3, -0.25) is 4.79 Å². The maximum absolute atomic E-state index is 13.3. The van der Waals surface area contributed by atoms with Gasteiger partial charge in [-0.15, -0.1) is 16.8 Å². The molecular weight excluding hydrogens is 452 g/mol. The van der Waals surface area contributed by atoms with Crippen molar-refractivity contribution in [3.05, 3.63) is 126 Å². The van der Waals surface area contributed by atoms with Gasteiger partial charge in [0.05, 0.1) is 5.75 Å². The number of thioether (sulfide) groups is 1. The summed E-state index contributed by atoms with van der Waals surface area (Å²) in [5.74, 6) is 1.27. The van der Waals surface area contributed by atoms with Crippen molar-refractivity contribution in [1.82, 2.24) is 19.7 Å². The number of benzene rings is 3. The number of nitrogens with zero attached hydrogens (tertiary/aromatic N) is 4. The van der Waals surface area contributed by atoms with Crippen LogP contribution < -0.4 is 0 Å². The number of amides is 1. The number of hydrogen-bond donors (Lipinski definition) is 0. The van der Waals surface area contributed by atoms with Gasteiger partial charge in [-0.25, -0.2) is 0 Å². The van der Waals surface area contributed by atoms with Gasteiger partial charge in [-0.05, 0) is 23.1 Å². The molecule has 5 nitrogen and oxygen atoms in total. The van der Waals surface area contributed by atoms with Crippen molar-refractivity contribution in [3.63, 3.8) is 0 Å². The summed E-state index contributed by atoms with van der Waals surface area (Å²) in [5, 5.41) is 9.56. The quantitative estimate of drug-likeness (QED) is 0.200. The molecule has 4 rings (SSSR count). The second kappa shape index (κ2) is 12.7. The minimum Gasteiger partial charge on any atom is -0.337 e. The van der Waals surface area contributed by atoms with Crippen molar-refractivity contribution in [1.29, 1.82) is 0 Å². The zero-order chi connectivity index (χ0) is 24.3. The van der Waals surface area contributed by atoms with Gasteiger partial charge in [-0.2, -0.15) is 0 Å². The molecule has 0 atom stereocenters. The summed E-state index contributed by atoms with van der Waals surface area (Å²) in [6.45, 7) is 5.74. The second-order valence-electron chi connectivity index (χ2n) is 8.29. The fourth-order valence-corrected chi connectivity index (χ4v) is 4.74. The van der Waals surface area contributed by atoms with Gasteiger partial charge in [0.15, 0.2) is 5.16 Å². The van der Waals surface area contributed by atoms with Gasteiger partial charge >= 0.3 is 0 Å². The molecule has 4 aromatic rings. The van der Waals surface area contributed by atoms with Gasteiger partial charge in [-0.1, -0.05) is 109 Å². The lowest BCUT2D eigenvalue weighted by atomic mass is 10.1. The highest BCUT2D eigenvalue weighted by atomic mass is 32.2. The SMILES string of the molecule is C=CCn1c(Cc2ccccc2)nnc1SCC(=O)N(CCc1ccccc1)Cc1ccccc1. The highest BCUT2D eigenvalue weighted by molar-refractivity contribution is 7.99. The first-order valence-corrected chi connectivity index (χ1v) is 12.8. The molecule has 35 heavy (non-hydrogen) atoms. The van der Waals surface area contributed by atoms with E-state index in [4.69, 9.17) is 0 Å². The fraction of sp³-hybridized carbons (Fsp3) is 0.207. The smallest absolute Gasteiger partial charge is 0.233 e. The summed E-state index contributed by atoms with van der Waals surface area (Å²) >= 11 is 1.44. The predicted molar refractivity (Wildman–Crippen MR) is 142 cm³/mol. The lowest BCUT2D eigenvalue weighted by Crippen LogP contribution is -2.34. The fourth-order valence-electron chi connectivity index (χ4n) is 3.87. The van der Waals surface area contributed by atoms with E-state index in [0.29, 0.717) is 31.8 Å². The van der Waals surface area contributed by atoms with Crippen LogP contribution in [0.4, 0.5) is 0 Å². The molecule has 0 spiro atoms. The lowest BCUT2D eigenvalue weighted by molar-refractivity contribution is -0.128. The Morgan fingerprint density at radius 1 is 0.857 bits per heavy atom. The van der Waals surface area contributed by atoms with E-state index in [-0.39, 0.29) is 5.91 Å². The van der Waals surface area contributed by atoms with Crippen molar-refractivity contribution in [2.45, 2.75) is 31.1 Å². The number of carbonyl (C=O) groups excluding carboxylic acids is 1. The van der Waals surface area contributed by atoms with Crippen LogP contribution in [0.15, 0.2) is 109 Å². The van der Waals surface area contributed by atoms with Gasteiger partial charge in [0.25, 0.3) is 0 Å². The molecule has 178 valence electrons. The average Bonchev–Trinajstić information content (AvgIpc) is 3.28. The molecule has 0 aliphatic carbocycles. The molecule has 6 heteroatoms. The van der Waals surface area contributed by atoms with E-state index in [9.17, 15) is 4.79 Å². The Kier molecular flexibility index (Phi) is 8.90. The maximum atomic E-state index is 13.3. The molecular formula is C29H30N4OS. The van der Waals surface area contributed by atoms with E-state index < -0.39 is 0 Å². The van der Waals surface area contributed by atoms with E-state index in [1.807, 2.05) is 70.1 Å². The molecule has 0 aliphatic rings. The van der Waals surface area contributed by atoms with Crippen LogP contribution in [-0.2, 0) is 30.7 Å². The molecule has 0 fully saturated rings. The number of allylic oxidation sites excluding steroid dienone is 1. The standard InChI is InChI=1S/C29H30N4OS/c1-2-19-33-27(21-25-14-8-4-9-15-25)30-31-29(33)35-23-28(34)32(22-26-16-10-5-11-17-26)20-18-24-12-6-3-7-13-24/h2-17H,1,18-23H2. The van der Waals surface area contributed by atoms with E-state index in [2.05, 4.69) is 53.2 Å². The predicted octanol–water partition coefficient (Wildman–Crippen LogP) is 5.42. The third-order valence-electron chi connectivity index (χ3n) is 5.72. The zero-order valence-corrected chi connectivity index (χ0v) is 20.6. The first-order chi connectivity index (χ1) is 17.2. The molecule has 1 heterocycles. The summed E-state index contributed by atoms with van der Waals surface area (Å²) in [7, 11) is 0. The number of carbonyl (C=O) groups is 1. The molecule has 0 saturated heterocycles. The van der Waals surface area contributed by atoms with Crippen LogP contribution in [0.1, 0.15) is 22.5 Å². The Balaban J connectivity index is 1.44. The third-order valence-corrected chi connectivity index (χ3v) is 6.67. The molecule has 0 bridgehead atoms. The summed E-state index contributed by atoms with van der Waals surface area (Å²) in [6.07, 6.45) is 3.34. The minimum absolute atomic E-state index is 0.0903. The molecule has 1 aromatic heterocycles. The number of aromatic nitrogens is 3. The Morgan fingerprint density at radius 2 is 1.46 bits per heavy atom. The van der Waals surface area contributed by atoms with Gasteiger partial charge in [0.2, 0.25) is 5.91 Å². The van der Waals surface area contributed by atoms with Crippen molar-refractivity contribution in [3.8, 4) is 0 Å². The normalized spacial score (nSPS) is 10.7. The van der Waals surface area contributed by atoms with Crippen LogP contribution in [0.25, 0.3) is 0 Å². The first-order valence-electron chi connectivity index (χ1n) is 11.8. The molecule has 0 radical (unpaired) electrons. The molecule has 0 saturated carbocycles. The van der Waals surface area contributed by atoms with E-state index in [1.165, 1.54) is 22.9 Å². The minimum atomic E-state index is 0.0903. The van der Waals surface area contributed by atoms with Crippen molar-refractivity contribution in [2.24, 2.45) is 0 Å². The highest BCUT2D eigenvalue weighted by Crippen LogP contribution is 2.20. The van der Waals surface area contributed by atoms with Gasteiger partial charge < -0.3 is 9.47 Å². The van der Waals surface area contributed by atoms with Crippen LogP contribution in [0, 0.1) is 0 Å². The zero-order valence-electron chi connectivity index (χ0n) is 19.8. The van der Waals surface area contributed by atoms with Crippen molar-refractivity contribution < 1.29 is 4.79 Å². The van der Waals surface area contributed by atoms with Crippen molar-refractivity contribution >= 4 is 17.7 Å². The Bertz CT molecular complexity index is 1210. The molecule has 0 N–H and O–H groups in total. The maximum Gasteiger partial charge on any atom is 0.233 e. The monoisotopic (exact) mass is 482 g/mol. The van der Waals surface area contributed by atoms with Gasteiger partial charge in [0, 0.05) is 26.1 Å². The van der Waals surface area contributed by atoms with Crippen LogP contribution in [-0.4, -0.2) is 37.9 Å². The van der Waals surface area contributed by atoms with Crippen LogP contribution in [0.5, 0.6) is 0 Å². The topological polar surface area (TPSA) is 51.0 Å². The molecule has 3 aromatic carbocycles. The number of hydrogen-bond acceptors (Lipinski definition) is 4. The van der Waals surface area contributed by atoms with E-state index in [1.54, 1.807) is 0 Å². The lowest BCUT2D eigenvalue weighted by Gasteiger charge is -2.23. The first kappa shape index (κ1) is 24.5. The van der Waals surface area contributed by atoms with Crippen LogP contribution in [0.3, 0.4) is 0 Å². The highest BCUT2D eigenvalue weighted by Gasteiger charge is 2.18. The molecule has 0 unspecified atom stereocenters. The summed E-state index contributed by atoms with van der Waals surface area (Å²) in [5.41, 5.74) is 3.52. The second-order valence-corrected chi connectivity index (χ2v) is 9.23. The average molecular weight is 483 g/mol. The molecule has 0 aliphatic heterocycles. The Labute approximate surface area is 211 Å². The third kappa shape index (κ3) is 7.17. The van der Waals surface area contributed by atoms with Crippen LogP contribution >= 0.6 is 11.8 Å².